The van der Waals surface area contributed by atoms with Crippen molar-refractivity contribution in [2.75, 3.05) is 18.9 Å². The molecule has 5 heteroatoms. The first-order valence-electron chi connectivity index (χ1n) is 9.76. The van der Waals surface area contributed by atoms with E-state index >= 15 is 0 Å². The summed E-state index contributed by atoms with van der Waals surface area (Å²) in [6.45, 7) is 3.84. The molecule has 0 aromatic heterocycles. The Hall–Kier alpha value is -3.73. The van der Waals surface area contributed by atoms with Crippen LogP contribution in [0.4, 0.5) is 5.69 Å². The number of carbonyl (C=O) groups is 3. The number of nitrogens with one attached hydrogen (secondary N) is 1. The Bertz CT molecular complexity index is 1200. The number of benzene rings is 3. The van der Waals surface area contributed by atoms with Crippen LogP contribution in [-0.4, -0.2) is 36.1 Å². The van der Waals surface area contributed by atoms with Gasteiger partial charge >= 0.3 is 0 Å². The molecule has 0 aliphatic heterocycles. The highest BCUT2D eigenvalue weighted by molar-refractivity contribution is 6.22. The van der Waals surface area contributed by atoms with Crippen LogP contribution in [0.1, 0.15) is 37.4 Å². The van der Waals surface area contributed by atoms with Gasteiger partial charge in [-0.25, -0.2) is 0 Å². The molecule has 0 radical (unpaired) electrons. The first kappa shape index (κ1) is 19.6. The van der Waals surface area contributed by atoms with Crippen LogP contribution in [0.25, 0.3) is 11.1 Å². The molecule has 0 unspecified atom stereocenters. The number of anilines is 1. The molecule has 2 amide bonds. The molecule has 30 heavy (non-hydrogen) atoms. The molecule has 1 N–H and O–H groups in total. The lowest BCUT2D eigenvalue weighted by atomic mass is 10.0. The van der Waals surface area contributed by atoms with Gasteiger partial charge in [0.25, 0.3) is 5.91 Å². The van der Waals surface area contributed by atoms with E-state index in [1.54, 1.807) is 31.3 Å². The number of amides is 2. The standard InChI is InChI=1S/C25H22N2O3/c1-15-7-6-10-22(16(15)2)26-23(28)14-27(3)25(30)17-11-12-19-18-8-4-5-9-20(18)24(29)21(19)13-17/h4-13H,14H2,1-3H3,(H,26,28). The van der Waals surface area contributed by atoms with Crippen LogP contribution < -0.4 is 5.32 Å². The van der Waals surface area contributed by atoms with Gasteiger partial charge < -0.3 is 10.2 Å². The van der Waals surface area contributed by atoms with E-state index in [1.807, 2.05) is 50.2 Å². The minimum absolute atomic E-state index is 0.0782. The molecule has 3 aromatic rings. The van der Waals surface area contributed by atoms with Crippen molar-refractivity contribution >= 4 is 23.3 Å². The molecule has 0 fully saturated rings. The van der Waals surface area contributed by atoms with E-state index in [1.165, 1.54) is 4.90 Å². The summed E-state index contributed by atoms with van der Waals surface area (Å²) in [5, 5.41) is 2.86. The predicted molar refractivity (Wildman–Crippen MR) is 117 cm³/mol. The van der Waals surface area contributed by atoms with E-state index in [0.717, 1.165) is 27.9 Å². The molecule has 150 valence electrons. The van der Waals surface area contributed by atoms with Crippen LogP contribution in [0.2, 0.25) is 0 Å². The summed E-state index contributed by atoms with van der Waals surface area (Å²) in [5.41, 5.74) is 6.10. The van der Waals surface area contributed by atoms with Gasteiger partial charge in [-0.1, -0.05) is 42.5 Å². The Kier molecular flexibility index (Phi) is 4.96. The van der Waals surface area contributed by atoms with Gasteiger partial charge in [0.1, 0.15) is 0 Å². The number of nitrogens with zero attached hydrogens (tertiary/aromatic N) is 1. The van der Waals surface area contributed by atoms with Crippen molar-refractivity contribution in [1.82, 2.24) is 4.90 Å². The van der Waals surface area contributed by atoms with Gasteiger partial charge in [-0.2, -0.15) is 0 Å². The van der Waals surface area contributed by atoms with E-state index in [2.05, 4.69) is 5.32 Å². The summed E-state index contributed by atoms with van der Waals surface area (Å²) < 4.78 is 0. The van der Waals surface area contributed by atoms with Crippen LogP contribution in [0.5, 0.6) is 0 Å². The normalized spacial score (nSPS) is 11.6. The summed E-state index contributed by atoms with van der Waals surface area (Å²) in [5.74, 6) is -0.660. The lowest BCUT2D eigenvalue weighted by Gasteiger charge is -2.18. The number of fused-ring (bicyclic) bond motifs is 3. The van der Waals surface area contributed by atoms with Crippen LogP contribution >= 0.6 is 0 Å². The molecule has 4 rings (SSSR count). The Balaban J connectivity index is 1.49. The van der Waals surface area contributed by atoms with E-state index in [9.17, 15) is 14.4 Å². The fourth-order valence-corrected chi connectivity index (χ4v) is 3.74. The SMILES string of the molecule is Cc1cccc(NC(=O)CN(C)C(=O)c2ccc3c(c2)C(=O)c2ccccc2-3)c1C. The van der Waals surface area contributed by atoms with Gasteiger partial charge in [0.2, 0.25) is 5.91 Å². The molecule has 0 heterocycles. The maximum atomic E-state index is 12.9. The highest BCUT2D eigenvalue weighted by Crippen LogP contribution is 2.36. The van der Waals surface area contributed by atoms with Crippen molar-refractivity contribution < 1.29 is 14.4 Å². The van der Waals surface area contributed by atoms with Gasteiger partial charge in [-0.3, -0.25) is 14.4 Å². The minimum Gasteiger partial charge on any atom is -0.332 e. The Morgan fingerprint density at radius 2 is 1.57 bits per heavy atom. The van der Waals surface area contributed by atoms with Crippen molar-refractivity contribution in [3.63, 3.8) is 0 Å². The Morgan fingerprint density at radius 3 is 2.33 bits per heavy atom. The third kappa shape index (κ3) is 3.39. The molecule has 5 nitrogen and oxygen atoms in total. The highest BCUT2D eigenvalue weighted by atomic mass is 16.2. The third-order valence-electron chi connectivity index (χ3n) is 5.58. The molecular formula is C25H22N2O3. The zero-order valence-corrected chi connectivity index (χ0v) is 17.2. The number of hydrogen-bond acceptors (Lipinski definition) is 3. The summed E-state index contributed by atoms with van der Waals surface area (Å²) in [4.78, 5) is 39.4. The number of aryl methyl sites for hydroxylation is 1. The maximum absolute atomic E-state index is 12.9. The number of carbonyl (C=O) groups excluding carboxylic acids is 3. The topological polar surface area (TPSA) is 66.5 Å². The zero-order valence-electron chi connectivity index (χ0n) is 17.2. The first-order chi connectivity index (χ1) is 14.4. The van der Waals surface area contributed by atoms with E-state index < -0.39 is 0 Å². The maximum Gasteiger partial charge on any atom is 0.254 e. The number of rotatable bonds is 4. The quantitative estimate of drug-likeness (QED) is 0.560. The van der Waals surface area contributed by atoms with Gasteiger partial charge in [0, 0.05) is 29.4 Å². The molecule has 3 aromatic carbocycles. The van der Waals surface area contributed by atoms with Gasteiger partial charge in [-0.15, -0.1) is 0 Å². The average molecular weight is 398 g/mol. The monoisotopic (exact) mass is 398 g/mol. The molecule has 0 bridgehead atoms. The fourth-order valence-electron chi connectivity index (χ4n) is 3.74. The van der Waals surface area contributed by atoms with E-state index in [0.29, 0.717) is 16.7 Å². The van der Waals surface area contributed by atoms with Gasteiger partial charge in [0.15, 0.2) is 5.78 Å². The molecule has 0 saturated heterocycles. The summed E-state index contributed by atoms with van der Waals surface area (Å²) in [6, 6.07) is 18.3. The summed E-state index contributed by atoms with van der Waals surface area (Å²) in [6.07, 6.45) is 0. The zero-order chi connectivity index (χ0) is 21.4. The average Bonchev–Trinajstić information content (AvgIpc) is 3.03. The van der Waals surface area contributed by atoms with Gasteiger partial charge in [0.05, 0.1) is 6.54 Å². The molecule has 1 aliphatic rings. The van der Waals surface area contributed by atoms with Crippen LogP contribution in [0.15, 0.2) is 60.7 Å². The predicted octanol–water partition coefficient (Wildman–Crippen LogP) is 4.23. The van der Waals surface area contributed by atoms with Crippen LogP contribution in [-0.2, 0) is 4.79 Å². The molecule has 0 saturated carbocycles. The smallest absolute Gasteiger partial charge is 0.254 e. The highest BCUT2D eigenvalue weighted by Gasteiger charge is 2.27. The second-order valence-electron chi connectivity index (χ2n) is 7.59. The molecule has 1 aliphatic carbocycles. The Labute approximate surface area is 175 Å². The van der Waals surface area contributed by atoms with Crippen molar-refractivity contribution in [3.05, 3.63) is 88.5 Å². The molecule has 0 atom stereocenters. The number of likely N-dealkylation sites (N-methyl/N-ethyl adjacent to an activating group) is 1. The number of hydrogen-bond donors (Lipinski definition) is 1. The Morgan fingerprint density at radius 1 is 0.867 bits per heavy atom. The molecular weight excluding hydrogens is 376 g/mol. The second kappa shape index (κ2) is 7.59. The van der Waals surface area contributed by atoms with Crippen molar-refractivity contribution in [3.8, 4) is 11.1 Å². The van der Waals surface area contributed by atoms with Crippen LogP contribution in [0.3, 0.4) is 0 Å². The lowest BCUT2D eigenvalue weighted by molar-refractivity contribution is -0.116. The minimum atomic E-state index is -0.308. The van der Waals surface area contributed by atoms with Crippen LogP contribution in [0, 0.1) is 13.8 Å². The lowest BCUT2D eigenvalue weighted by Crippen LogP contribution is -2.35. The summed E-state index contributed by atoms with van der Waals surface area (Å²) >= 11 is 0. The molecule has 0 spiro atoms. The summed E-state index contributed by atoms with van der Waals surface area (Å²) in [7, 11) is 1.58. The van der Waals surface area contributed by atoms with Crippen molar-refractivity contribution in [2.24, 2.45) is 0 Å². The first-order valence-corrected chi connectivity index (χ1v) is 9.76. The largest absolute Gasteiger partial charge is 0.332 e. The van der Waals surface area contributed by atoms with E-state index in [-0.39, 0.29) is 24.1 Å². The van der Waals surface area contributed by atoms with E-state index in [4.69, 9.17) is 0 Å². The fraction of sp³-hybridized carbons (Fsp3) is 0.160. The third-order valence-corrected chi connectivity index (χ3v) is 5.58. The van der Waals surface area contributed by atoms with Crippen molar-refractivity contribution in [1.29, 1.82) is 0 Å². The number of ketones is 1. The van der Waals surface area contributed by atoms with Gasteiger partial charge in [-0.05, 0) is 54.3 Å². The second-order valence-corrected chi connectivity index (χ2v) is 7.59. The van der Waals surface area contributed by atoms with Crippen molar-refractivity contribution in [2.45, 2.75) is 13.8 Å².